The molecule has 0 aliphatic rings. The number of aromatic hydroxyl groups is 2. The zero-order chi connectivity index (χ0) is 11.6. The second-order valence-electron chi connectivity index (χ2n) is 3.27. The predicted molar refractivity (Wildman–Crippen MR) is 62.7 cm³/mol. The molecule has 0 fully saturated rings. The number of phenols is 2. The van der Waals surface area contributed by atoms with E-state index in [1.807, 2.05) is 13.8 Å². The Balaban J connectivity index is 0.00000225. The molecule has 0 radical (unpaired) electrons. The first-order valence-corrected chi connectivity index (χ1v) is 4.82. The number of hydrogen-bond acceptors (Lipinski definition) is 3. The van der Waals surface area contributed by atoms with Gasteiger partial charge < -0.3 is 15.3 Å². The monoisotopic (exact) mass is 246 g/mol. The van der Waals surface area contributed by atoms with E-state index in [2.05, 4.69) is 0 Å². The fraction of sp³-hybridized carbons (Fsp3) is 0.364. The summed E-state index contributed by atoms with van der Waals surface area (Å²) in [5.74, 6) is -2.02. The van der Waals surface area contributed by atoms with Crippen LogP contribution in [0, 0.1) is 0 Å². The van der Waals surface area contributed by atoms with E-state index in [1.165, 1.54) is 6.07 Å². The van der Waals surface area contributed by atoms with Crippen LogP contribution in [0.4, 0.5) is 0 Å². The SMILES string of the molecule is CCc1cc(O)c(C(=O)O)c(O)c1CC.Cl. The van der Waals surface area contributed by atoms with Crippen LogP contribution < -0.4 is 0 Å². The van der Waals surface area contributed by atoms with Gasteiger partial charge in [0, 0.05) is 0 Å². The number of carbonyl (C=O) groups is 1. The van der Waals surface area contributed by atoms with Gasteiger partial charge in [0.2, 0.25) is 0 Å². The summed E-state index contributed by atoms with van der Waals surface area (Å²) >= 11 is 0. The third kappa shape index (κ3) is 2.39. The summed E-state index contributed by atoms with van der Waals surface area (Å²) < 4.78 is 0. The average Bonchev–Trinajstić information content (AvgIpc) is 2.16. The summed E-state index contributed by atoms with van der Waals surface area (Å²) in [5.41, 5.74) is 0.953. The zero-order valence-electron chi connectivity index (χ0n) is 9.15. The molecule has 0 heterocycles. The first-order chi connectivity index (χ1) is 7.02. The average molecular weight is 247 g/mol. The molecule has 0 aliphatic carbocycles. The van der Waals surface area contributed by atoms with E-state index < -0.39 is 11.5 Å². The Morgan fingerprint density at radius 2 is 1.81 bits per heavy atom. The lowest BCUT2D eigenvalue weighted by Crippen LogP contribution is -2.02. The van der Waals surface area contributed by atoms with Crippen molar-refractivity contribution in [2.75, 3.05) is 0 Å². The molecule has 0 atom stereocenters. The summed E-state index contributed by atoms with van der Waals surface area (Å²) in [6, 6.07) is 1.40. The fourth-order valence-electron chi connectivity index (χ4n) is 1.67. The van der Waals surface area contributed by atoms with Gasteiger partial charge >= 0.3 is 5.97 Å². The number of carboxylic acids is 1. The van der Waals surface area contributed by atoms with E-state index in [9.17, 15) is 15.0 Å². The highest BCUT2D eigenvalue weighted by Crippen LogP contribution is 2.34. The summed E-state index contributed by atoms with van der Waals surface area (Å²) in [4.78, 5) is 10.8. The molecule has 5 heteroatoms. The third-order valence-electron chi connectivity index (χ3n) is 2.43. The lowest BCUT2D eigenvalue weighted by molar-refractivity contribution is 0.0690. The number of halogens is 1. The van der Waals surface area contributed by atoms with Crippen molar-refractivity contribution in [2.45, 2.75) is 26.7 Å². The lowest BCUT2D eigenvalue weighted by Gasteiger charge is -2.12. The Morgan fingerprint density at radius 1 is 1.25 bits per heavy atom. The molecule has 0 bridgehead atoms. The summed E-state index contributed by atoms with van der Waals surface area (Å²) in [7, 11) is 0. The zero-order valence-corrected chi connectivity index (χ0v) is 9.97. The quantitative estimate of drug-likeness (QED) is 0.765. The van der Waals surface area contributed by atoms with Gasteiger partial charge in [-0.25, -0.2) is 4.79 Å². The Hall–Kier alpha value is -1.42. The minimum Gasteiger partial charge on any atom is -0.507 e. The van der Waals surface area contributed by atoms with Crippen molar-refractivity contribution in [3.05, 3.63) is 22.8 Å². The van der Waals surface area contributed by atoms with Gasteiger partial charge in [-0.1, -0.05) is 13.8 Å². The van der Waals surface area contributed by atoms with Gasteiger partial charge in [-0.05, 0) is 30.0 Å². The topological polar surface area (TPSA) is 77.8 Å². The maximum Gasteiger partial charge on any atom is 0.343 e. The van der Waals surface area contributed by atoms with Gasteiger partial charge in [0.15, 0.2) is 0 Å². The standard InChI is InChI=1S/C11H14O4.ClH/c1-3-6-5-8(12)9(11(14)15)10(13)7(6)4-2;/h5,12-13H,3-4H2,1-2H3,(H,14,15);1H. The summed E-state index contributed by atoms with van der Waals surface area (Å²) in [6.45, 7) is 3.71. The molecule has 3 N–H and O–H groups in total. The van der Waals surface area contributed by atoms with Crippen LogP contribution in [0.3, 0.4) is 0 Å². The molecular formula is C11H15ClO4. The second-order valence-corrected chi connectivity index (χ2v) is 3.27. The van der Waals surface area contributed by atoms with Crippen LogP contribution in [0.2, 0.25) is 0 Å². The molecule has 0 saturated heterocycles. The Kier molecular flexibility index (Phi) is 5.11. The lowest BCUT2D eigenvalue weighted by atomic mass is 9.97. The predicted octanol–water partition coefficient (Wildman–Crippen LogP) is 2.34. The molecule has 1 aromatic rings. The van der Waals surface area contributed by atoms with Crippen LogP contribution in [0.25, 0.3) is 0 Å². The number of aryl methyl sites for hydroxylation is 1. The van der Waals surface area contributed by atoms with Crippen LogP contribution in [0.15, 0.2) is 6.07 Å². The van der Waals surface area contributed by atoms with E-state index in [-0.39, 0.29) is 23.9 Å². The largest absolute Gasteiger partial charge is 0.507 e. The van der Waals surface area contributed by atoms with Crippen molar-refractivity contribution in [3.8, 4) is 11.5 Å². The molecule has 0 unspecified atom stereocenters. The number of benzene rings is 1. The van der Waals surface area contributed by atoms with Crippen molar-refractivity contribution in [3.63, 3.8) is 0 Å². The third-order valence-corrected chi connectivity index (χ3v) is 2.43. The van der Waals surface area contributed by atoms with Gasteiger partial charge in [-0.2, -0.15) is 0 Å². The first-order valence-electron chi connectivity index (χ1n) is 4.82. The van der Waals surface area contributed by atoms with E-state index in [4.69, 9.17) is 5.11 Å². The molecular weight excluding hydrogens is 232 g/mol. The molecule has 90 valence electrons. The van der Waals surface area contributed by atoms with Crippen molar-refractivity contribution in [1.82, 2.24) is 0 Å². The second kappa shape index (κ2) is 5.61. The van der Waals surface area contributed by atoms with Crippen LogP contribution in [0.5, 0.6) is 11.5 Å². The van der Waals surface area contributed by atoms with Gasteiger partial charge in [-0.3, -0.25) is 0 Å². The molecule has 1 aromatic carbocycles. The number of aromatic carboxylic acids is 1. The minimum absolute atomic E-state index is 0. The molecule has 16 heavy (non-hydrogen) atoms. The van der Waals surface area contributed by atoms with Crippen LogP contribution in [-0.2, 0) is 12.8 Å². The van der Waals surface area contributed by atoms with Crippen LogP contribution in [0.1, 0.15) is 35.3 Å². The van der Waals surface area contributed by atoms with Crippen molar-refractivity contribution in [2.24, 2.45) is 0 Å². The first kappa shape index (κ1) is 14.6. The van der Waals surface area contributed by atoms with Crippen LogP contribution >= 0.6 is 12.4 Å². The van der Waals surface area contributed by atoms with E-state index in [0.29, 0.717) is 18.4 Å². The van der Waals surface area contributed by atoms with Crippen molar-refractivity contribution < 1.29 is 20.1 Å². The smallest absolute Gasteiger partial charge is 0.343 e. The van der Waals surface area contributed by atoms with Crippen molar-refractivity contribution in [1.29, 1.82) is 0 Å². The Bertz CT molecular complexity index is 401. The maximum atomic E-state index is 10.8. The number of rotatable bonds is 3. The minimum atomic E-state index is -1.32. The number of hydrogen-bond donors (Lipinski definition) is 3. The highest BCUT2D eigenvalue weighted by molar-refractivity contribution is 5.94. The molecule has 0 aromatic heterocycles. The van der Waals surface area contributed by atoms with Gasteiger partial charge in [-0.15, -0.1) is 12.4 Å². The molecule has 0 amide bonds. The van der Waals surface area contributed by atoms with Gasteiger partial charge in [0.1, 0.15) is 17.1 Å². The van der Waals surface area contributed by atoms with E-state index in [1.54, 1.807) is 0 Å². The summed E-state index contributed by atoms with van der Waals surface area (Å²) in [5, 5.41) is 28.0. The van der Waals surface area contributed by atoms with Gasteiger partial charge in [0.05, 0.1) is 0 Å². The van der Waals surface area contributed by atoms with Crippen LogP contribution in [-0.4, -0.2) is 21.3 Å². The normalized spacial score (nSPS) is 9.62. The van der Waals surface area contributed by atoms with E-state index in [0.717, 1.165) is 5.56 Å². The Labute approximate surface area is 100.0 Å². The fourth-order valence-corrected chi connectivity index (χ4v) is 1.67. The van der Waals surface area contributed by atoms with Gasteiger partial charge in [0.25, 0.3) is 0 Å². The molecule has 0 saturated carbocycles. The Morgan fingerprint density at radius 3 is 2.19 bits per heavy atom. The summed E-state index contributed by atoms with van der Waals surface area (Å²) in [6.07, 6.45) is 1.18. The molecule has 0 spiro atoms. The van der Waals surface area contributed by atoms with Crippen molar-refractivity contribution >= 4 is 18.4 Å². The highest BCUT2D eigenvalue weighted by atomic mass is 35.5. The maximum absolute atomic E-state index is 10.8. The molecule has 4 nitrogen and oxygen atoms in total. The highest BCUT2D eigenvalue weighted by Gasteiger charge is 2.20. The van der Waals surface area contributed by atoms with E-state index >= 15 is 0 Å². The molecule has 0 aliphatic heterocycles. The number of carboxylic acid groups (broad SMARTS) is 1. The molecule has 1 rings (SSSR count).